The van der Waals surface area contributed by atoms with Crippen molar-refractivity contribution < 1.29 is 0 Å². The van der Waals surface area contributed by atoms with Crippen LogP contribution in [0.5, 0.6) is 0 Å². The molecule has 1 heteroatoms. The second kappa shape index (κ2) is 3.65. The van der Waals surface area contributed by atoms with E-state index < -0.39 is 0 Å². The van der Waals surface area contributed by atoms with Crippen LogP contribution in [0.15, 0.2) is 30.4 Å². The second-order valence-corrected chi connectivity index (χ2v) is 5.31. The van der Waals surface area contributed by atoms with Gasteiger partial charge in [-0.15, -0.1) is 0 Å². The zero-order valence-corrected chi connectivity index (χ0v) is 10.1. The molecule has 0 saturated carbocycles. The van der Waals surface area contributed by atoms with Gasteiger partial charge in [0.2, 0.25) is 0 Å². The van der Waals surface area contributed by atoms with E-state index in [4.69, 9.17) is 0 Å². The number of allylic oxidation sites excluding steroid dienone is 2. The summed E-state index contributed by atoms with van der Waals surface area (Å²) in [5, 5.41) is 0. The Balaban J connectivity index is 2.12. The van der Waals surface area contributed by atoms with Crippen LogP contribution in [0.4, 0.5) is 5.69 Å². The Kier molecular flexibility index (Phi) is 2.27. The number of fused-ring (bicyclic) bond motifs is 4. The van der Waals surface area contributed by atoms with Gasteiger partial charge in [0.05, 0.1) is 0 Å². The molecule has 1 nitrogen and oxygen atoms in total. The lowest BCUT2D eigenvalue weighted by molar-refractivity contribution is 0.449. The first-order chi connectivity index (χ1) is 7.75. The van der Waals surface area contributed by atoms with E-state index in [1.165, 1.54) is 24.9 Å². The quantitative estimate of drug-likeness (QED) is 0.647. The van der Waals surface area contributed by atoms with E-state index in [-0.39, 0.29) is 0 Å². The van der Waals surface area contributed by atoms with Gasteiger partial charge in [0.15, 0.2) is 0 Å². The van der Waals surface area contributed by atoms with Crippen LogP contribution in [0, 0.1) is 5.92 Å². The maximum absolute atomic E-state index is 2.42. The zero-order chi connectivity index (χ0) is 11.1. The molecule has 0 fully saturated rings. The van der Waals surface area contributed by atoms with Crippen LogP contribution in [0.2, 0.25) is 0 Å². The van der Waals surface area contributed by atoms with E-state index in [9.17, 15) is 0 Å². The largest absolute Gasteiger partial charge is 0.377 e. The Morgan fingerprint density at radius 3 is 2.94 bits per heavy atom. The molecule has 0 radical (unpaired) electrons. The number of anilines is 1. The highest BCUT2D eigenvalue weighted by Crippen LogP contribution is 2.44. The van der Waals surface area contributed by atoms with E-state index in [1.807, 2.05) is 0 Å². The number of nitrogens with zero attached hydrogens (tertiary/aromatic N) is 1. The Morgan fingerprint density at radius 2 is 2.12 bits per heavy atom. The van der Waals surface area contributed by atoms with Crippen LogP contribution in [0.3, 0.4) is 0 Å². The Morgan fingerprint density at radius 1 is 1.25 bits per heavy atom. The topological polar surface area (TPSA) is 3.24 Å². The maximum Gasteiger partial charge on any atom is 0.0399 e. The standard InChI is InChI=1S/C15H19N/c1-16(2)14-8-4-7-13-10-11-5-3-6-12(9-11)15(13)14/h3-5,7-8,11-12H,6,9-10H2,1-2H3. The average Bonchev–Trinajstić information content (AvgIpc) is 2.28. The summed E-state index contributed by atoms with van der Waals surface area (Å²) in [5.74, 6) is 1.56. The van der Waals surface area contributed by atoms with Crippen molar-refractivity contribution in [3.63, 3.8) is 0 Å². The molecule has 2 bridgehead atoms. The summed E-state index contributed by atoms with van der Waals surface area (Å²) >= 11 is 0. The number of benzene rings is 1. The van der Waals surface area contributed by atoms with Crippen molar-refractivity contribution in [1.82, 2.24) is 0 Å². The molecule has 1 aromatic carbocycles. The maximum atomic E-state index is 2.42. The van der Waals surface area contributed by atoms with E-state index in [0.29, 0.717) is 0 Å². The van der Waals surface area contributed by atoms with Gasteiger partial charge in [-0.1, -0.05) is 24.3 Å². The van der Waals surface area contributed by atoms with Crippen LogP contribution in [0.25, 0.3) is 0 Å². The van der Waals surface area contributed by atoms with Crippen LogP contribution in [-0.4, -0.2) is 14.1 Å². The van der Waals surface area contributed by atoms with Gasteiger partial charge in [0.1, 0.15) is 0 Å². The molecule has 0 saturated heterocycles. The second-order valence-electron chi connectivity index (χ2n) is 5.31. The molecular formula is C15H19N. The molecule has 84 valence electrons. The molecule has 2 unspecified atom stereocenters. The summed E-state index contributed by atoms with van der Waals surface area (Å²) < 4.78 is 0. The fourth-order valence-electron chi connectivity index (χ4n) is 3.28. The number of rotatable bonds is 1. The SMILES string of the molecule is CN(C)c1cccc2c1C1CC=CC(C2)C1. The molecule has 0 spiro atoms. The molecule has 3 rings (SSSR count). The van der Waals surface area contributed by atoms with Gasteiger partial charge in [-0.3, -0.25) is 0 Å². The zero-order valence-electron chi connectivity index (χ0n) is 10.1. The number of hydrogen-bond donors (Lipinski definition) is 0. The van der Waals surface area contributed by atoms with Crippen LogP contribution in [0.1, 0.15) is 29.9 Å². The molecule has 2 aliphatic rings. The van der Waals surface area contributed by atoms with Crippen LogP contribution < -0.4 is 4.90 Å². The minimum absolute atomic E-state index is 0.761. The normalized spacial score (nSPS) is 26.4. The van der Waals surface area contributed by atoms with E-state index in [0.717, 1.165) is 11.8 Å². The van der Waals surface area contributed by atoms with Crippen LogP contribution >= 0.6 is 0 Å². The van der Waals surface area contributed by atoms with E-state index >= 15 is 0 Å². The van der Waals surface area contributed by atoms with Crippen molar-refractivity contribution >= 4 is 5.69 Å². The van der Waals surface area contributed by atoms with Crippen molar-refractivity contribution in [2.24, 2.45) is 5.92 Å². The van der Waals surface area contributed by atoms with Gasteiger partial charge in [0.25, 0.3) is 0 Å². The third-order valence-corrected chi connectivity index (χ3v) is 3.96. The van der Waals surface area contributed by atoms with Gasteiger partial charge in [-0.2, -0.15) is 0 Å². The van der Waals surface area contributed by atoms with Gasteiger partial charge < -0.3 is 4.90 Å². The Bertz CT molecular complexity index is 431. The molecule has 0 N–H and O–H groups in total. The molecule has 2 atom stereocenters. The monoisotopic (exact) mass is 213 g/mol. The van der Waals surface area contributed by atoms with Crippen molar-refractivity contribution in [3.8, 4) is 0 Å². The van der Waals surface area contributed by atoms with Gasteiger partial charge in [-0.05, 0) is 48.3 Å². The Hall–Kier alpha value is -1.24. The van der Waals surface area contributed by atoms with Gasteiger partial charge in [-0.25, -0.2) is 0 Å². The highest BCUT2D eigenvalue weighted by molar-refractivity contribution is 5.59. The molecule has 1 aromatic rings. The molecule has 0 amide bonds. The van der Waals surface area contributed by atoms with Crippen LogP contribution in [-0.2, 0) is 6.42 Å². The van der Waals surface area contributed by atoms with Crippen molar-refractivity contribution in [3.05, 3.63) is 41.5 Å². The number of hydrogen-bond acceptors (Lipinski definition) is 1. The lowest BCUT2D eigenvalue weighted by Gasteiger charge is -2.35. The summed E-state index contributed by atoms with van der Waals surface area (Å²) in [6.45, 7) is 0. The molecular weight excluding hydrogens is 194 g/mol. The first-order valence-electron chi connectivity index (χ1n) is 6.21. The fraction of sp³-hybridized carbons (Fsp3) is 0.467. The third kappa shape index (κ3) is 1.46. The highest BCUT2D eigenvalue weighted by Gasteiger charge is 2.29. The fourth-order valence-corrected chi connectivity index (χ4v) is 3.28. The van der Waals surface area contributed by atoms with Gasteiger partial charge >= 0.3 is 0 Å². The summed E-state index contributed by atoms with van der Waals surface area (Å²) in [6.07, 6.45) is 8.63. The smallest absolute Gasteiger partial charge is 0.0399 e. The van der Waals surface area contributed by atoms with E-state index in [2.05, 4.69) is 49.3 Å². The lowest BCUT2D eigenvalue weighted by atomic mass is 9.72. The molecule has 16 heavy (non-hydrogen) atoms. The predicted octanol–water partition coefficient (Wildman–Crippen LogP) is 3.36. The summed E-state index contributed by atoms with van der Waals surface area (Å²) in [7, 11) is 4.31. The molecule has 0 heterocycles. The third-order valence-electron chi connectivity index (χ3n) is 3.96. The first-order valence-corrected chi connectivity index (χ1v) is 6.21. The highest BCUT2D eigenvalue weighted by atomic mass is 15.1. The minimum Gasteiger partial charge on any atom is -0.377 e. The average molecular weight is 213 g/mol. The lowest BCUT2D eigenvalue weighted by Crippen LogP contribution is -2.23. The molecule has 0 aliphatic heterocycles. The summed E-state index contributed by atoms with van der Waals surface area (Å²) in [5.41, 5.74) is 4.63. The Labute approximate surface area is 97.8 Å². The van der Waals surface area contributed by atoms with Gasteiger partial charge in [0, 0.05) is 19.8 Å². The molecule has 0 aromatic heterocycles. The summed E-state index contributed by atoms with van der Waals surface area (Å²) in [4.78, 5) is 2.26. The van der Waals surface area contributed by atoms with Crippen molar-refractivity contribution in [2.45, 2.75) is 25.2 Å². The first kappa shape index (κ1) is 9.95. The molecule has 2 aliphatic carbocycles. The van der Waals surface area contributed by atoms with Crippen molar-refractivity contribution in [2.75, 3.05) is 19.0 Å². The van der Waals surface area contributed by atoms with E-state index in [1.54, 1.807) is 11.1 Å². The summed E-state index contributed by atoms with van der Waals surface area (Å²) in [6, 6.07) is 6.79. The minimum atomic E-state index is 0.761. The predicted molar refractivity (Wildman–Crippen MR) is 69.1 cm³/mol. The van der Waals surface area contributed by atoms with Crippen molar-refractivity contribution in [1.29, 1.82) is 0 Å².